The van der Waals surface area contributed by atoms with Crippen LogP contribution in [-0.2, 0) is 13.0 Å². The molecule has 0 unspecified atom stereocenters. The van der Waals surface area contributed by atoms with Crippen molar-refractivity contribution in [3.8, 4) is 0 Å². The zero-order valence-electron chi connectivity index (χ0n) is 9.50. The molecule has 1 saturated heterocycles. The van der Waals surface area contributed by atoms with Crippen LogP contribution >= 0.6 is 0 Å². The van der Waals surface area contributed by atoms with Gasteiger partial charge in [0.1, 0.15) is 5.82 Å². The molecule has 0 aromatic carbocycles. The Morgan fingerprint density at radius 1 is 1.12 bits per heavy atom. The molecule has 0 bridgehead atoms. The van der Waals surface area contributed by atoms with Gasteiger partial charge in [-0.1, -0.05) is 0 Å². The van der Waals surface area contributed by atoms with Crippen LogP contribution in [0.25, 0.3) is 0 Å². The lowest BCUT2D eigenvalue weighted by atomic mass is 9.96. The van der Waals surface area contributed by atoms with Gasteiger partial charge in [0.25, 0.3) is 0 Å². The molecule has 0 amide bonds. The zero-order valence-corrected chi connectivity index (χ0v) is 9.50. The van der Waals surface area contributed by atoms with Crippen LogP contribution in [0.1, 0.15) is 35.8 Å². The maximum Gasteiger partial charge on any atom is 0.131 e. The van der Waals surface area contributed by atoms with Gasteiger partial charge in [0.2, 0.25) is 0 Å². The third kappa shape index (κ3) is 1.95. The Labute approximate surface area is 95.9 Å². The Morgan fingerprint density at radius 2 is 2.00 bits per heavy atom. The predicted octanol–water partition coefficient (Wildman–Crippen LogP) is 0.589. The first-order valence-electron chi connectivity index (χ1n) is 6.19. The smallest absolute Gasteiger partial charge is 0.131 e. The van der Waals surface area contributed by atoms with Crippen LogP contribution in [0.2, 0.25) is 0 Å². The summed E-state index contributed by atoms with van der Waals surface area (Å²) in [4.78, 5) is 9.28. The fourth-order valence-corrected chi connectivity index (χ4v) is 2.53. The molecule has 0 saturated carbocycles. The van der Waals surface area contributed by atoms with E-state index in [4.69, 9.17) is 4.98 Å². The van der Waals surface area contributed by atoms with Gasteiger partial charge in [-0.15, -0.1) is 0 Å². The number of piperidine rings is 1. The first-order valence-corrected chi connectivity index (χ1v) is 6.19. The predicted molar refractivity (Wildman–Crippen MR) is 62.3 cm³/mol. The van der Waals surface area contributed by atoms with E-state index in [-0.39, 0.29) is 0 Å². The van der Waals surface area contributed by atoms with Crippen molar-refractivity contribution in [2.45, 2.75) is 31.7 Å². The van der Waals surface area contributed by atoms with Crippen LogP contribution in [0.15, 0.2) is 6.20 Å². The quantitative estimate of drug-likeness (QED) is 0.724. The van der Waals surface area contributed by atoms with Crippen molar-refractivity contribution in [2.75, 3.05) is 19.6 Å². The largest absolute Gasteiger partial charge is 0.317 e. The molecule has 0 spiro atoms. The van der Waals surface area contributed by atoms with Gasteiger partial charge in [-0.3, -0.25) is 0 Å². The van der Waals surface area contributed by atoms with Gasteiger partial charge in [0.05, 0.1) is 5.69 Å². The molecule has 1 fully saturated rings. The summed E-state index contributed by atoms with van der Waals surface area (Å²) in [6.07, 6.45) is 5.46. The molecule has 1 aromatic rings. The average molecular weight is 218 g/mol. The van der Waals surface area contributed by atoms with Gasteiger partial charge in [-0.25, -0.2) is 9.97 Å². The van der Waals surface area contributed by atoms with Gasteiger partial charge in [0.15, 0.2) is 0 Å². The van der Waals surface area contributed by atoms with E-state index < -0.39 is 0 Å². The number of rotatable bonds is 1. The topological polar surface area (TPSA) is 49.8 Å². The molecule has 86 valence electrons. The van der Waals surface area contributed by atoms with E-state index in [2.05, 4.69) is 15.6 Å². The number of nitrogens with one attached hydrogen (secondary N) is 2. The second-order valence-electron chi connectivity index (χ2n) is 4.65. The van der Waals surface area contributed by atoms with Crippen LogP contribution < -0.4 is 10.6 Å². The molecule has 2 aliphatic rings. The fraction of sp³-hybridized carbons (Fsp3) is 0.667. The first kappa shape index (κ1) is 10.2. The number of fused-ring (bicyclic) bond motifs is 1. The Hall–Kier alpha value is -1.00. The minimum atomic E-state index is 0.563. The van der Waals surface area contributed by atoms with Crippen molar-refractivity contribution in [2.24, 2.45) is 0 Å². The summed E-state index contributed by atoms with van der Waals surface area (Å²) in [6.45, 7) is 4.17. The van der Waals surface area contributed by atoms with Crippen LogP contribution in [0.5, 0.6) is 0 Å². The summed E-state index contributed by atoms with van der Waals surface area (Å²) in [7, 11) is 0. The van der Waals surface area contributed by atoms with Crippen molar-refractivity contribution in [3.05, 3.63) is 23.3 Å². The molecular formula is C12H18N4. The zero-order chi connectivity index (χ0) is 10.8. The Morgan fingerprint density at radius 3 is 2.88 bits per heavy atom. The van der Waals surface area contributed by atoms with Crippen LogP contribution in [0.4, 0.5) is 0 Å². The minimum Gasteiger partial charge on any atom is -0.317 e. The third-order valence-corrected chi connectivity index (χ3v) is 3.54. The molecule has 1 aromatic heterocycles. The number of aromatic nitrogens is 2. The Bertz CT molecular complexity index is 371. The molecule has 0 aliphatic carbocycles. The van der Waals surface area contributed by atoms with Gasteiger partial charge in [0, 0.05) is 18.7 Å². The minimum absolute atomic E-state index is 0.563. The fourth-order valence-electron chi connectivity index (χ4n) is 2.53. The van der Waals surface area contributed by atoms with Crippen molar-refractivity contribution in [1.82, 2.24) is 20.6 Å². The van der Waals surface area contributed by atoms with Gasteiger partial charge in [-0.2, -0.15) is 0 Å². The summed E-state index contributed by atoms with van der Waals surface area (Å²) in [6, 6.07) is 0. The number of nitrogens with zero attached hydrogens (tertiary/aromatic N) is 2. The SMILES string of the molecule is c1nc(C2CCNCC2)nc2c1CCNC2. The molecule has 4 nitrogen and oxygen atoms in total. The van der Waals surface area contributed by atoms with Gasteiger partial charge < -0.3 is 10.6 Å². The lowest BCUT2D eigenvalue weighted by Gasteiger charge is -2.23. The molecule has 3 rings (SSSR count). The van der Waals surface area contributed by atoms with Crippen molar-refractivity contribution < 1.29 is 0 Å². The summed E-state index contributed by atoms with van der Waals surface area (Å²) in [5.41, 5.74) is 2.55. The van der Waals surface area contributed by atoms with Gasteiger partial charge in [-0.05, 0) is 44.5 Å². The molecule has 16 heavy (non-hydrogen) atoms. The summed E-state index contributed by atoms with van der Waals surface area (Å²) < 4.78 is 0. The van der Waals surface area contributed by atoms with E-state index in [9.17, 15) is 0 Å². The molecule has 2 aliphatic heterocycles. The molecule has 4 heteroatoms. The highest BCUT2D eigenvalue weighted by atomic mass is 15.0. The van der Waals surface area contributed by atoms with E-state index in [1.807, 2.05) is 6.20 Å². The van der Waals surface area contributed by atoms with E-state index >= 15 is 0 Å². The van der Waals surface area contributed by atoms with Gasteiger partial charge >= 0.3 is 0 Å². The lowest BCUT2D eigenvalue weighted by molar-refractivity contribution is 0.441. The standard InChI is InChI=1S/C12H18N4/c1-4-13-5-2-9(1)12-15-7-10-3-6-14-8-11(10)16-12/h7,9,13-14H,1-6,8H2. The highest BCUT2D eigenvalue weighted by Gasteiger charge is 2.19. The first-order chi connectivity index (χ1) is 7.93. The maximum atomic E-state index is 4.74. The van der Waals surface area contributed by atoms with Crippen molar-refractivity contribution >= 4 is 0 Å². The Balaban J connectivity index is 1.84. The van der Waals surface area contributed by atoms with E-state index in [1.165, 1.54) is 24.1 Å². The summed E-state index contributed by atoms with van der Waals surface area (Å²) >= 11 is 0. The highest BCUT2D eigenvalue weighted by Crippen LogP contribution is 2.23. The summed E-state index contributed by atoms with van der Waals surface area (Å²) in [5, 5.41) is 6.75. The second kappa shape index (κ2) is 4.47. The van der Waals surface area contributed by atoms with E-state index in [1.54, 1.807) is 0 Å². The molecule has 0 atom stereocenters. The van der Waals surface area contributed by atoms with Crippen LogP contribution in [0, 0.1) is 0 Å². The van der Waals surface area contributed by atoms with E-state index in [0.29, 0.717) is 5.92 Å². The number of hydrogen-bond donors (Lipinski definition) is 2. The lowest BCUT2D eigenvalue weighted by Crippen LogP contribution is -2.29. The van der Waals surface area contributed by atoms with Crippen molar-refractivity contribution in [3.63, 3.8) is 0 Å². The molecule has 2 N–H and O–H groups in total. The second-order valence-corrected chi connectivity index (χ2v) is 4.65. The molecule has 0 radical (unpaired) electrons. The normalized spacial score (nSPS) is 21.8. The monoisotopic (exact) mass is 218 g/mol. The van der Waals surface area contributed by atoms with E-state index in [0.717, 1.165) is 38.4 Å². The number of hydrogen-bond acceptors (Lipinski definition) is 4. The molecule has 3 heterocycles. The molecular weight excluding hydrogens is 200 g/mol. The third-order valence-electron chi connectivity index (χ3n) is 3.54. The Kier molecular flexibility index (Phi) is 2.84. The highest BCUT2D eigenvalue weighted by molar-refractivity contribution is 5.21. The summed E-state index contributed by atoms with van der Waals surface area (Å²) in [5.74, 6) is 1.62. The van der Waals surface area contributed by atoms with Crippen LogP contribution in [0.3, 0.4) is 0 Å². The van der Waals surface area contributed by atoms with Crippen molar-refractivity contribution in [1.29, 1.82) is 0 Å². The van der Waals surface area contributed by atoms with Crippen LogP contribution in [-0.4, -0.2) is 29.6 Å². The average Bonchev–Trinajstić information content (AvgIpc) is 2.39. The maximum absolute atomic E-state index is 4.74.